The molecule has 3 aromatic rings. The Bertz CT molecular complexity index is 1750. The summed E-state index contributed by atoms with van der Waals surface area (Å²) in [6.07, 6.45) is 9.84. The van der Waals surface area contributed by atoms with Crippen molar-refractivity contribution in [2.75, 3.05) is 0 Å². The molecule has 3 aromatic carbocycles. The van der Waals surface area contributed by atoms with Crippen molar-refractivity contribution in [1.82, 2.24) is 5.32 Å². The van der Waals surface area contributed by atoms with Gasteiger partial charge in [-0.3, -0.25) is 0 Å². The number of rotatable bonds is 3. The lowest BCUT2D eigenvalue weighted by Crippen LogP contribution is -2.41. The highest BCUT2D eigenvalue weighted by molar-refractivity contribution is 7.92. The molecule has 0 spiro atoms. The van der Waals surface area contributed by atoms with Crippen LogP contribution < -0.4 is 15.8 Å². The van der Waals surface area contributed by atoms with Gasteiger partial charge in [0.05, 0.1) is 15.7 Å². The van der Waals surface area contributed by atoms with E-state index in [1.54, 1.807) is 6.08 Å². The molecule has 2 unspecified atom stereocenters. The molecule has 3 aliphatic rings. The normalized spacial score (nSPS) is 20.0. The Morgan fingerprint density at radius 3 is 2.42 bits per heavy atom. The standard InChI is InChI=1S/C31H24F3NO2S/c32-31(33,34)21-10-12-22(13-11-21)38(36,37)23-18-28-26-14-9-20-6-3-4-7-24(20)25(26)15-16-27(28)29(19-23)30-8-2-1-5-17-35-30/h1-8,10-18,23,29,35H,9,19H2. The zero-order valence-corrected chi connectivity index (χ0v) is 21.1. The second-order valence-electron chi connectivity index (χ2n) is 9.67. The fourth-order valence-electron chi connectivity index (χ4n) is 5.59. The van der Waals surface area contributed by atoms with Crippen LogP contribution in [0.5, 0.6) is 0 Å². The predicted octanol–water partition coefficient (Wildman–Crippen LogP) is 5.38. The lowest BCUT2D eigenvalue weighted by atomic mass is 9.81. The number of sulfone groups is 1. The number of alkyl halides is 3. The average Bonchev–Trinajstić information content (AvgIpc) is 3.21. The summed E-state index contributed by atoms with van der Waals surface area (Å²) in [6.45, 7) is 0. The van der Waals surface area contributed by atoms with E-state index >= 15 is 0 Å². The quantitative estimate of drug-likeness (QED) is 0.494. The van der Waals surface area contributed by atoms with Crippen molar-refractivity contribution in [1.29, 1.82) is 0 Å². The SMILES string of the molecule is O=S(=O)(c1ccc(C(F)(F)F)cc1)C1C=c2c(ccc3c2=CCc2ccccc2-3)C(C2=CC=CC=CN2)C1. The van der Waals surface area contributed by atoms with Crippen molar-refractivity contribution in [3.8, 4) is 11.1 Å². The van der Waals surface area contributed by atoms with E-state index in [9.17, 15) is 21.6 Å². The van der Waals surface area contributed by atoms with Gasteiger partial charge in [-0.05, 0) is 82.0 Å². The Labute approximate surface area is 218 Å². The molecule has 2 atom stereocenters. The van der Waals surface area contributed by atoms with Gasteiger partial charge in [-0.1, -0.05) is 60.7 Å². The smallest absolute Gasteiger partial charge is 0.364 e. The summed E-state index contributed by atoms with van der Waals surface area (Å²) in [5, 5.41) is 4.26. The predicted molar refractivity (Wildman–Crippen MR) is 143 cm³/mol. The number of allylic oxidation sites excluding steroid dienone is 5. The van der Waals surface area contributed by atoms with Crippen LogP contribution >= 0.6 is 0 Å². The van der Waals surface area contributed by atoms with E-state index in [0.717, 1.165) is 63.5 Å². The summed E-state index contributed by atoms with van der Waals surface area (Å²) in [7, 11) is -3.96. The molecule has 0 radical (unpaired) electrons. The highest BCUT2D eigenvalue weighted by Crippen LogP contribution is 2.36. The summed E-state index contributed by atoms with van der Waals surface area (Å²) in [6, 6.07) is 16.2. The van der Waals surface area contributed by atoms with Crippen LogP contribution in [0.2, 0.25) is 0 Å². The topological polar surface area (TPSA) is 46.2 Å². The van der Waals surface area contributed by atoms with Crippen molar-refractivity contribution in [2.24, 2.45) is 0 Å². The monoisotopic (exact) mass is 531 g/mol. The van der Waals surface area contributed by atoms with Crippen molar-refractivity contribution >= 4 is 22.0 Å². The van der Waals surface area contributed by atoms with Crippen LogP contribution in [0, 0.1) is 0 Å². The summed E-state index contributed by atoms with van der Waals surface area (Å²) in [5.41, 5.74) is 4.42. The first-order valence-electron chi connectivity index (χ1n) is 12.4. The van der Waals surface area contributed by atoms with Gasteiger partial charge in [0.1, 0.15) is 0 Å². The molecule has 1 heterocycles. The maximum atomic E-state index is 13.8. The minimum atomic E-state index is -4.53. The number of fused-ring (bicyclic) bond motifs is 5. The molecule has 6 rings (SSSR count). The molecule has 0 bridgehead atoms. The van der Waals surface area contributed by atoms with Gasteiger partial charge < -0.3 is 5.32 Å². The highest BCUT2D eigenvalue weighted by atomic mass is 32.2. The second-order valence-corrected chi connectivity index (χ2v) is 11.8. The molecular weight excluding hydrogens is 507 g/mol. The molecule has 0 aromatic heterocycles. The Kier molecular flexibility index (Phi) is 5.91. The first-order valence-corrected chi connectivity index (χ1v) is 13.9. The van der Waals surface area contributed by atoms with Gasteiger partial charge in [0.2, 0.25) is 0 Å². The van der Waals surface area contributed by atoms with Gasteiger partial charge in [-0.25, -0.2) is 8.42 Å². The second kappa shape index (κ2) is 9.17. The maximum absolute atomic E-state index is 13.8. The third-order valence-corrected chi connectivity index (χ3v) is 9.53. The van der Waals surface area contributed by atoms with Gasteiger partial charge in [0, 0.05) is 17.8 Å². The molecule has 0 saturated carbocycles. The largest absolute Gasteiger partial charge is 0.416 e. The van der Waals surface area contributed by atoms with E-state index in [0.29, 0.717) is 0 Å². The highest BCUT2D eigenvalue weighted by Gasteiger charge is 2.36. The van der Waals surface area contributed by atoms with Crippen LogP contribution in [0.4, 0.5) is 13.2 Å². The molecule has 7 heteroatoms. The van der Waals surface area contributed by atoms with E-state index < -0.39 is 26.8 Å². The van der Waals surface area contributed by atoms with Crippen LogP contribution in [0.25, 0.3) is 23.3 Å². The fourth-order valence-corrected chi connectivity index (χ4v) is 7.22. The molecule has 192 valence electrons. The Balaban J connectivity index is 1.53. The van der Waals surface area contributed by atoms with Gasteiger partial charge in [-0.15, -0.1) is 0 Å². The maximum Gasteiger partial charge on any atom is 0.416 e. The van der Waals surface area contributed by atoms with E-state index in [4.69, 9.17) is 0 Å². The fraction of sp³-hybridized carbons (Fsp3) is 0.161. The van der Waals surface area contributed by atoms with Crippen LogP contribution in [-0.2, 0) is 22.4 Å². The summed E-state index contributed by atoms with van der Waals surface area (Å²) in [5.74, 6) is -0.243. The van der Waals surface area contributed by atoms with E-state index in [-0.39, 0.29) is 17.2 Å². The van der Waals surface area contributed by atoms with Crippen molar-refractivity contribution < 1.29 is 21.6 Å². The Hall–Kier alpha value is -3.84. The van der Waals surface area contributed by atoms with Crippen LogP contribution in [-0.4, -0.2) is 13.7 Å². The minimum Gasteiger partial charge on any atom is -0.364 e. The molecular formula is C31H24F3NO2S. The summed E-state index contributed by atoms with van der Waals surface area (Å²) < 4.78 is 67.0. The Morgan fingerprint density at radius 1 is 0.842 bits per heavy atom. The first-order chi connectivity index (χ1) is 18.2. The molecule has 1 N–H and O–H groups in total. The zero-order valence-electron chi connectivity index (χ0n) is 20.2. The first kappa shape index (κ1) is 24.5. The zero-order chi connectivity index (χ0) is 26.5. The molecule has 1 aliphatic heterocycles. The molecule has 0 fully saturated rings. The number of benzene rings is 3. The molecule has 0 amide bonds. The summed E-state index contributed by atoms with van der Waals surface area (Å²) >= 11 is 0. The Morgan fingerprint density at radius 2 is 1.63 bits per heavy atom. The van der Waals surface area contributed by atoms with Crippen LogP contribution in [0.3, 0.4) is 0 Å². The number of hydrogen-bond acceptors (Lipinski definition) is 3. The molecule has 2 aliphatic carbocycles. The van der Waals surface area contributed by atoms with E-state index in [1.807, 2.05) is 42.6 Å². The van der Waals surface area contributed by atoms with Gasteiger partial charge in [0.15, 0.2) is 9.84 Å². The summed E-state index contributed by atoms with van der Waals surface area (Å²) in [4.78, 5) is -0.115. The van der Waals surface area contributed by atoms with Gasteiger partial charge in [-0.2, -0.15) is 13.2 Å². The molecule has 3 nitrogen and oxygen atoms in total. The van der Waals surface area contributed by atoms with Crippen molar-refractivity contribution in [2.45, 2.75) is 35.1 Å². The number of hydrogen-bond donors (Lipinski definition) is 1. The number of halogens is 3. The van der Waals surface area contributed by atoms with Gasteiger partial charge in [0.25, 0.3) is 0 Å². The van der Waals surface area contributed by atoms with E-state index in [1.165, 1.54) is 5.56 Å². The van der Waals surface area contributed by atoms with Crippen LogP contribution in [0.1, 0.15) is 29.0 Å². The molecule has 0 saturated heterocycles. The van der Waals surface area contributed by atoms with Crippen LogP contribution in [0.15, 0.2) is 102 Å². The van der Waals surface area contributed by atoms with Crippen molar-refractivity contribution in [3.63, 3.8) is 0 Å². The lowest BCUT2D eigenvalue weighted by molar-refractivity contribution is -0.137. The minimum absolute atomic E-state index is 0.115. The van der Waals surface area contributed by atoms with Crippen molar-refractivity contribution in [3.05, 3.63) is 124 Å². The number of nitrogens with one attached hydrogen (secondary N) is 1. The van der Waals surface area contributed by atoms with E-state index in [2.05, 4.69) is 35.7 Å². The lowest BCUT2D eigenvalue weighted by Gasteiger charge is -2.30. The molecule has 38 heavy (non-hydrogen) atoms. The third-order valence-electron chi connectivity index (χ3n) is 7.48. The van der Waals surface area contributed by atoms with Gasteiger partial charge >= 0.3 is 6.18 Å². The third kappa shape index (κ3) is 4.21. The average molecular weight is 532 g/mol.